The molecule has 0 saturated heterocycles. The van der Waals surface area contributed by atoms with Crippen molar-refractivity contribution in [1.82, 2.24) is 5.32 Å². The largest absolute Gasteiger partial charge is 0.493 e. The first-order valence-electron chi connectivity index (χ1n) is 6.10. The van der Waals surface area contributed by atoms with Crippen LogP contribution in [0, 0.1) is 0 Å². The molecule has 1 aromatic carbocycles. The Labute approximate surface area is 103 Å². The fourth-order valence-electron chi connectivity index (χ4n) is 2.04. The number of nitrogens with one attached hydrogen (secondary N) is 1. The molecule has 1 heterocycles. The van der Waals surface area contributed by atoms with Gasteiger partial charge in [-0.05, 0) is 26.8 Å². The summed E-state index contributed by atoms with van der Waals surface area (Å²) in [5.74, 6) is 0.803. The van der Waals surface area contributed by atoms with E-state index in [4.69, 9.17) is 4.74 Å². The van der Waals surface area contributed by atoms with Gasteiger partial charge in [-0.15, -0.1) is 0 Å². The third-order valence-corrected chi connectivity index (χ3v) is 3.07. The molecule has 0 saturated carbocycles. The van der Waals surface area contributed by atoms with Crippen molar-refractivity contribution in [2.75, 3.05) is 13.2 Å². The lowest BCUT2D eigenvalue weighted by Gasteiger charge is -2.36. The molecular weight excluding hydrogens is 214 g/mol. The van der Waals surface area contributed by atoms with Gasteiger partial charge in [0, 0.05) is 24.1 Å². The van der Waals surface area contributed by atoms with Crippen LogP contribution >= 0.6 is 0 Å². The van der Waals surface area contributed by atoms with Gasteiger partial charge in [-0.2, -0.15) is 0 Å². The zero-order chi connectivity index (χ0) is 12.5. The van der Waals surface area contributed by atoms with Gasteiger partial charge in [-0.1, -0.05) is 18.2 Å². The van der Waals surface area contributed by atoms with Crippen molar-refractivity contribution >= 4 is 0 Å². The van der Waals surface area contributed by atoms with Gasteiger partial charge in [0.2, 0.25) is 0 Å². The summed E-state index contributed by atoms with van der Waals surface area (Å²) in [5.41, 5.74) is 0.0773. The minimum Gasteiger partial charge on any atom is -0.493 e. The van der Waals surface area contributed by atoms with E-state index in [1.807, 2.05) is 24.3 Å². The number of fused-ring (bicyclic) bond motifs is 1. The molecule has 0 aromatic heterocycles. The van der Waals surface area contributed by atoms with Gasteiger partial charge >= 0.3 is 0 Å². The monoisotopic (exact) mass is 235 g/mol. The number of benzene rings is 1. The molecule has 94 valence electrons. The summed E-state index contributed by atoms with van der Waals surface area (Å²) in [6.07, 6.45) is 0.632. The number of hydrogen-bond donors (Lipinski definition) is 2. The first kappa shape index (κ1) is 12.4. The highest BCUT2D eigenvalue weighted by Crippen LogP contribution is 2.36. The maximum absolute atomic E-state index is 10.7. The normalized spacial score (nSPS) is 24.0. The molecular formula is C14H21NO2. The Morgan fingerprint density at radius 3 is 2.76 bits per heavy atom. The molecule has 0 radical (unpaired) electrons. The number of para-hydroxylation sites is 1. The average Bonchev–Trinajstić information content (AvgIpc) is 2.27. The Kier molecular flexibility index (Phi) is 3.15. The van der Waals surface area contributed by atoms with Crippen LogP contribution in [-0.2, 0) is 5.60 Å². The molecule has 1 atom stereocenters. The summed E-state index contributed by atoms with van der Waals surface area (Å²) < 4.78 is 5.56. The maximum Gasteiger partial charge on any atom is 0.125 e. The van der Waals surface area contributed by atoms with Crippen LogP contribution in [0.4, 0.5) is 0 Å². The minimum absolute atomic E-state index is 0.00295. The van der Waals surface area contributed by atoms with E-state index in [0.717, 1.165) is 11.3 Å². The molecule has 3 heteroatoms. The lowest BCUT2D eigenvalue weighted by molar-refractivity contribution is -0.00669. The van der Waals surface area contributed by atoms with Crippen LogP contribution < -0.4 is 10.1 Å². The standard InChI is InChI=1S/C14H21NO2/c1-13(2,3)15-10-14(16)8-9-17-12-7-5-4-6-11(12)14/h4-7,15-16H,8-10H2,1-3H3. The molecule has 0 aliphatic carbocycles. The van der Waals surface area contributed by atoms with Gasteiger partial charge in [0.25, 0.3) is 0 Å². The highest BCUT2D eigenvalue weighted by atomic mass is 16.5. The molecule has 0 spiro atoms. The summed E-state index contributed by atoms with van der Waals surface area (Å²) in [7, 11) is 0. The van der Waals surface area contributed by atoms with E-state index in [1.165, 1.54) is 0 Å². The molecule has 1 unspecified atom stereocenters. The van der Waals surface area contributed by atoms with E-state index < -0.39 is 5.60 Å². The number of β-amino-alcohol motifs (C(OH)–C–C–N with tert-alkyl or cyclic N) is 1. The van der Waals surface area contributed by atoms with Gasteiger partial charge in [-0.25, -0.2) is 0 Å². The summed E-state index contributed by atoms with van der Waals surface area (Å²) >= 11 is 0. The second-order valence-electron chi connectivity index (χ2n) is 5.73. The lowest BCUT2D eigenvalue weighted by Crippen LogP contribution is -2.48. The molecule has 3 nitrogen and oxygen atoms in total. The molecule has 17 heavy (non-hydrogen) atoms. The number of rotatable bonds is 2. The van der Waals surface area contributed by atoms with Crippen molar-refractivity contribution in [1.29, 1.82) is 0 Å². The summed E-state index contributed by atoms with van der Waals surface area (Å²) in [4.78, 5) is 0. The lowest BCUT2D eigenvalue weighted by atomic mass is 9.87. The molecule has 0 amide bonds. The topological polar surface area (TPSA) is 41.5 Å². The first-order valence-corrected chi connectivity index (χ1v) is 6.10. The van der Waals surface area contributed by atoms with Crippen LogP contribution in [0.15, 0.2) is 24.3 Å². The fourth-order valence-corrected chi connectivity index (χ4v) is 2.04. The van der Waals surface area contributed by atoms with E-state index in [9.17, 15) is 5.11 Å². The van der Waals surface area contributed by atoms with Gasteiger partial charge in [-0.3, -0.25) is 0 Å². The Morgan fingerprint density at radius 1 is 1.35 bits per heavy atom. The number of ether oxygens (including phenoxy) is 1. The second-order valence-corrected chi connectivity index (χ2v) is 5.73. The third-order valence-electron chi connectivity index (χ3n) is 3.07. The third kappa shape index (κ3) is 2.79. The smallest absolute Gasteiger partial charge is 0.125 e. The van der Waals surface area contributed by atoms with E-state index in [2.05, 4.69) is 26.1 Å². The number of aliphatic hydroxyl groups is 1. The van der Waals surface area contributed by atoms with E-state index in [0.29, 0.717) is 19.6 Å². The molecule has 1 aliphatic heterocycles. The van der Waals surface area contributed by atoms with E-state index in [1.54, 1.807) is 0 Å². The van der Waals surface area contributed by atoms with Gasteiger partial charge < -0.3 is 15.2 Å². The van der Waals surface area contributed by atoms with Crippen LogP contribution in [-0.4, -0.2) is 23.8 Å². The maximum atomic E-state index is 10.7. The predicted octanol–water partition coefficient (Wildman–Crippen LogP) is 2.04. The van der Waals surface area contributed by atoms with E-state index >= 15 is 0 Å². The van der Waals surface area contributed by atoms with Crippen molar-refractivity contribution in [3.8, 4) is 5.75 Å². The van der Waals surface area contributed by atoms with Crippen LogP contribution in [0.5, 0.6) is 5.75 Å². The Hall–Kier alpha value is -1.06. The fraction of sp³-hybridized carbons (Fsp3) is 0.571. The highest BCUT2D eigenvalue weighted by Gasteiger charge is 2.36. The average molecular weight is 235 g/mol. The highest BCUT2D eigenvalue weighted by molar-refractivity contribution is 5.39. The van der Waals surface area contributed by atoms with Gasteiger partial charge in [0.05, 0.1) is 6.61 Å². The predicted molar refractivity (Wildman–Crippen MR) is 68.2 cm³/mol. The SMILES string of the molecule is CC(C)(C)NCC1(O)CCOc2ccccc21. The first-order chi connectivity index (χ1) is 7.91. The van der Waals surface area contributed by atoms with Crippen LogP contribution in [0.1, 0.15) is 32.8 Å². The van der Waals surface area contributed by atoms with E-state index in [-0.39, 0.29) is 5.54 Å². The van der Waals surface area contributed by atoms with Crippen molar-refractivity contribution in [2.24, 2.45) is 0 Å². The summed E-state index contributed by atoms with van der Waals surface area (Å²) in [6, 6.07) is 7.73. The number of hydrogen-bond acceptors (Lipinski definition) is 3. The Balaban J connectivity index is 2.21. The van der Waals surface area contributed by atoms with Gasteiger partial charge in [0.15, 0.2) is 0 Å². The molecule has 2 rings (SSSR count). The van der Waals surface area contributed by atoms with Crippen molar-refractivity contribution in [2.45, 2.75) is 38.3 Å². The summed E-state index contributed by atoms with van der Waals surface area (Å²) in [5, 5.41) is 14.1. The Bertz CT molecular complexity index is 397. The zero-order valence-corrected chi connectivity index (χ0v) is 10.8. The summed E-state index contributed by atoms with van der Waals surface area (Å²) in [6.45, 7) is 7.42. The molecule has 2 N–H and O–H groups in total. The molecule has 1 aliphatic rings. The minimum atomic E-state index is -0.817. The zero-order valence-electron chi connectivity index (χ0n) is 10.8. The quantitative estimate of drug-likeness (QED) is 0.824. The Morgan fingerprint density at radius 2 is 2.06 bits per heavy atom. The van der Waals surface area contributed by atoms with Crippen molar-refractivity contribution in [3.63, 3.8) is 0 Å². The van der Waals surface area contributed by atoms with Crippen LogP contribution in [0.2, 0.25) is 0 Å². The van der Waals surface area contributed by atoms with Crippen molar-refractivity contribution in [3.05, 3.63) is 29.8 Å². The van der Waals surface area contributed by atoms with Crippen LogP contribution in [0.3, 0.4) is 0 Å². The molecule has 0 fully saturated rings. The molecule has 1 aromatic rings. The van der Waals surface area contributed by atoms with Crippen molar-refractivity contribution < 1.29 is 9.84 Å². The van der Waals surface area contributed by atoms with Gasteiger partial charge in [0.1, 0.15) is 11.4 Å². The van der Waals surface area contributed by atoms with Crippen LogP contribution in [0.25, 0.3) is 0 Å². The molecule has 0 bridgehead atoms. The second kappa shape index (κ2) is 4.31.